The highest BCUT2D eigenvalue weighted by Gasteiger charge is 2.27. The van der Waals surface area contributed by atoms with E-state index in [4.69, 9.17) is 9.47 Å². The fourth-order valence-electron chi connectivity index (χ4n) is 2.64. The van der Waals surface area contributed by atoms with Crippen LogP contribution in [0.1, 0.15) is 32.6 Å². The summed E-state index contributed by atoms with van der Waals surface area (Å²) in [7, 11) is 3.26. The zero-order valence-electron chi connectivity index (χ0n) is 14.9. The third-order valence-electron chi connectivity index (χ3n) is 3.96. The monoisotopic (exact) mass is 342 g/mol. The minimum atomic E-state index is -0.110. The van der Waals surface area contributed by atoms with E-state index in [1.54, 1.807) is 14.2 Å². The molecule has 3 N–H and O–H groups in total. The molecular weight excluding hydrogens is 312 g/mol. The molecule has 0 unspecified atom stereocenters. The van der Waals surface area contributed by atoms with Gasteiger partial charge in [-0.25, -0.2) is 0 Å². The number of guanidine groups is 1. The number of nitrogens with zero attached hydrogens (tertiary/aromatic N) is 1. The predicted octanol–water partition coefficient (Wildman–Crippen LogP) is 0.0359. The maximum absolute atomic E-state index is 11.7. The standard InChI is InChI=1S/C16H30N4O4/c1-4-24-15(22)12-5-7-13(8-6-12)20-16(17-2)19-11-14(21)18-9-10-23-3/h12-13H,4-11H2,1-3H3,(H,18,21)(H2,17,19,20). The van der Waals surface area contributed by atoms with E-state index in [2.05, 4.69) is 20.9 Å². The van der Waals surface area contributed by atoms with E-state index < -0.39 is 0 Å². The molecule has 24 heavy (non-hydrogen) atoms. The van der Waals surface area contributed by atoms with Gasteiger partial charge in [-0.2, -0.15) is 0 Å². The van der Waals surface area contributed by atoms with Crippen LogP contribution in [0.5, 0.6) is 0 Å². The summed E-state index contributed by atoms with van der Waals surface area (Å²) < 4.78 is 9.95. The lowest BCUT2D eigenvalue weighted by Gasteiger charge is -2.29. The predicted molar refractivity (Wildman–Crippen MR) is 91.8 cm³/mol. The van der Waals surface area contributed by atoms with Crippen molar-refractivity contribution < 1.29 is 19.1 Å². The lowest BCUT2D eigenvalue weighted by Crippen LogP contribution is -2.48. The second-order valence-electron chi connectivity index (χ2n) is 5.71. The number of ether oxygens (including phenoxy) is 2. The van der Waals surface area contributed by atoms with E-state index in [1.165, 1.54) is 0 Å². The first-order valence-corrected chi connectivity index (χ1v) is 8.50. The van der Waals surface area contributed by atoms with Gasteiger partial charge in [0.15, 0.2) is 5.96 Å². The number of carbonyl (C=O) groups excluding carboxylic acids is 2. The molecule has 1 fully saturated rings. The van der Waals surface area contributed by atoms with Crippen molar-refractivity contribution in [1.82, 2.24) is 16.0 Å². The topological polar surface area (TPSA) is 101 Å². The Balaban J connectivity index is 2.27. The van der Waals surface area contributed by atoms with Gasteiger partial charge < -0.3 is 25.4 Å². The summed E-state index contributed by atoms with van der Waals surface area (Å²) in [5.41, 5.74) is 0. The molecule has 0 spiro atoms. The molecule has 0 aliphatic heterocycles. The van der Waals surface area contributed by atoms with Gasteiger partial charge in [-0.15, -0.1) is 0 Å². The molecule has 1 aliphatic carbocycles. The van der Waals surface area contributed by atoms with E-state index in [0.29, 0.717) is 25.7 Å². The number of carbonyl (C=O) groups is 2. The molecule has 8 nitrogen and oxygen atoms in total. The number of nitrogens with one attached hydrogen (secondary N) is 3. The van der Waals surface area contributed by atoms with Gasteiger partial charge in [0, 0.05) is 26.7 Å². The van der Waals surface area contributed by atoms with Gasteiger partial charge in [0.25, 0.3) is 0 Å². The number of hydrogen-bond donors (Lipinski definition) is 3. The molecule has 138 valence electrons. The molecule has 0 heterocycles. The lowest BCUT2D eigenvalue weighted by molar-refractivity contribution is -0.149. The molecule has 1 rings (SSSR count). The number of amides is 1. The normalized spacial score (nSPS) is 21.0. The highest BCUT2D eigenvalue weighted by Crippen LogP contribution is 2.25. The molecule has 1 amide bonds. The van der Waals surface area contributed by atoms with Crippen molar-refractivity contribution in [3.8, 4) is 0 Å². The zero-order valence-corrected chi connectivity index (χ0v) is 14.9. The minimum absolute atomic E-state index is 0.00420. The number of rotatable bonds is 8. The average Bonchev–Trinajstić information content (AvgIpc) is 2.59. The van der Waals surface area contributed by atoms with Gasteiger partial charge in [-0.1, -0.05) is 0 Å². The van der Waals surface area contributed by atoms with Crippen molar-refractivity contribution in [2.75, 3.05) is 40.5 Å². The van der Waals surface area contributed by atoms with Gasteiger partial charge in [-0.05, 0) is 32.6 Å². The van der Waals surface area contributed by atoms with Crippen LogP contribution in [0.15, 0.2) is 4.99 Å². The van der Waals surface area contributed by atoms with Gasteiger partial charge in [0.2, 0.25) is 5.91 Å². The maximum atomic E-state index is 11.7. The average molecular weight is 342 g/mol. The van der Waals surface area contributed by atoms with Gasteiger partial charge in [-0.3, -0.25) is 14.6 Å². The first-order chi connectivity index (χ1) is 11.6. The number of aliphatic imine (C=N–C) groups is 1. The van der Waals surface area contributed by atoms with E-state index in [0.717, 1.165) is 25.7 Å². The largest absolute Gasteiger partial charge is 0.466 e. The van der Waals surface area contributed by atoms with Crippen molar-refractivity contribution in [2.45, 2.75) is 38.6 Å². The lowest BCUT2D eigenvalue weighted by atomic mass is 9.86. The molecule has 1 aliphatic rings. The summed E-state index contributed by atoms with van der Waals surface area (Å²) in [6.45, 7) is 3.39. The molecule has 0 atom stereocenters. The molecule has 0 bridgehead atoms. The molecule has 8 heteroatoms. The third kappa shape index (κ3) is 7.63. The molecular formula is C16H30N4O4. The molecule has 0 aromatic carbocycles. The highest BCUT2D eigenvalue weighted by atomic mass is 16.5. The number of hydrogen-bond acceptors (Lipinski definition) is 5. The SMILES string of the molecule is CCOC(=O)C1CCC(NC(=NC)NCC(=O)NCCOC)CC1. The van der Waals surface area contributed by atoms with Crippen LogP contribution in [0.25, 0.3) is 0 Å². The van der Waals surface area contributed by atoms with Crippen LogP contribution in [0, 0.1) is 5.92 Å². The Morgan fingerprint density at radius 2 is 1.88 bits per heavy atom. The van der Waals surface area contributed by atoms with Crippen LogP contribution in [0.3, 0.4) is 0 Å². The molecule has 0 aromatic heterocycles. The third-order valence-corrected chi connectivity index (χ3v) is 3.96. The van der Waals surface area contributed by atoms with Crippen molar-refractivity contribution in [2.24, 2.45) is 10.9 Å². The number of methoxy groups -OCH3 is 1. The number of esters is 1. The smallest absolute Gasteiger partial charge is 0.308 e. The van der Waals surface area contributed by atoms with E-state index >= 15 is 0 Å². The van der Waals surface area contributed by atoms with E-state index in [9.17, 15) is 9.59 Å². The van der Waals surface area contributed by atoms with Crippen molar-refractivity contribution in [3.63, 3.8) is 0 Å². The molecule has 0 radical (unpaired) electrons. The fourth-order valence-corrected chi connectivity index (χ4v) is 2.64. The summed E-state index contributed by atoms with van der Waals surface area (Å²) in [6.07, 6.45) is 3.38. The fraction of sp³-hybridized carbons (Fsp3) is 0.812. The van der Waals surface area contributed by atoms with Crippen LogP contribution < -0.4 is 16.0 Å². The van der Waals surface area contributed by atoms with E-state index in [1.807, 2.05) is 6.92 Å². The second-order valence-corrected chi connectivity index (χ2v) is 5.71. The van der Waals surface area contributed by atoms with E-state index in [-0.39, 0.29) is 30.4 Å². The summed E-state index contributed by atoms with van der Waals surface area (Å²) in [5, 5.41) is 9.03. The van der Waals surface area contributed by atoms with Crippen molar-refractivity contribution in [1.29, 1.82) is 0 Å². The van der Waals surface area contributed by atoms with Crippen molar-refractivity contribution in [3.05, 3.63) is 0 Å². The van der Waals surface area contributed by atoms with Crippen LogP contribution in [-0.2, 0) is 19.1 Å². The molecule has 0 saturated heterocycles. The molecule has 0 aromatic rings. The van der Waals surface area contributed by atoms with Crippen LogP contribution in [0.4, 0.5) is 0 Å². The van der Waals surface area contributed by atoms with Gasteiger partial charge in [0.05, 0.1) is 25.7 Å². The first kappa shape index (κ1) is 20.2. The quantitative estimate of drug-likeness (QED) is 0.249. The van der Waals surface area contributed by atoms with Crippen LogP contribution in [0.2, 0.25) is 0 Å². The maximum Gasteiger partial charge on any atom is 0.308 e. The summed E-state index contributed by atoms with van der Waals surface area (Å²) in [4.78, 5) is 27.5. The molecule has 1 saturated carbocycles. The zero-order chi connectivity index (χ0) is 17.8. The van der Waals surface area contributed by atoms with Crippen LogP contribution in [-0.4, -0.2) is 64.3 Å². The minimum Gasteiger partial charge on any atom is -0.466 e. The highest BCUT2D eigenvalue weighted by molar-refractivity contribution is 5.86. The Morgan fingerprint density at radius 1 is 1.17 bits per heavy atom. The Morgan fingerprint density at radius 3 is 2.46 bits per heavy atom. The van der Waals surface area contributed by atoms with Crippen molar-refractivity contribution >= 4 is 17.8 Å². The Hall–Kier alpha value is -1.83. The second kappa shape index (κ2) is 11.7. The van der Waals surface area contributed by atoms with Gasteiger partial charge in [0.1, 0.15) is 0 Å². The van der Waals surface area contributed by atoms with Crippen LogP contribution >= 0.6 is 0 Å². The Bertz CT molecular complexity index is 420. The summed E-state index contributed by atoms with van der Waals surface area (Å²) in [6, 6.07) is 0.249. The summed E-state index contributed by atoms with van der Waals surface area (Å²) >= 11 is 0. The van der Waals surface area contributed by atoms with Gasteiger partial charge >= 0.3 is 5.97 Å². The Labute approximate surface area is 143 Å². The summed E-state index contributed by atoms with van der Waals surface area (Å²) in [5.74, 6) is 0.396. The first-order valence-electron chi connectivity index (χ1n) is 8.50. The Kier molecular flexibility index (Phi) is 9.83.